The van der Waals surface area contributed by atoms with Gasteiger partial charge in [0.05, 0.1) is 6.04 Å². The predicted molar refractivity (Wildman–Crippen MR) is 94.8 cm³/mol. The van der Waals surface area contributed by atoms with Gasteiger partial charge >= 0.3 is 5.69 Å². The maximum absolute atomic E-state index is 13.2. The average molecular weight is 320 g/mol. The van der Waals surface area contributed by atoms with Gasteiger partial charge in [-0.05, 0) is 38.2 Å². The molecule has 1 aromatic carbocycles. The summed E-state index contributed by atoms with van der Waals surface area (Å²) in [5.74, 6) is 0. The number of hydrogen-bond acceptors (Lipinski definition) is 3. The van der Waals surface area contributed by atoms with E-state index in [0.29, 0.717) is 11.3 Å². The first-order valence-corrected chi connectivity index (χ1v) is 8.45. The molecule has 1 unspecified atom stereocenters. The molecule has 1 aliphatic carbocycles. The molecule has 1 aliphatic rings. The second-order valence-corrected chi connectivity index (χ2v) is 6.22. The number of rotatable bonds is 3. The maximum atomic E-state index is 13.2. The SMILES string of the molecule is CC(c1ccccc1)n1c(=O)n(C2=CCCCC2)c2nccnc21. The van der Waals surface area contributed by atoms with Gasteiger partial charge < -0.3 is 0 Å². The molecule has 122 valence electrons. The fourth-order valence-electron chi connectivity index (χ4n) is 3.45. The third kappa shape index (κ3) is 2.37. The molecule has 0 fully saturated rings. The van der Waals surface area contributed by atoms with Crippen LogP contribution < -0.4 is 5.69 Å². The number of fused-ring (bicyclic) bond motifs is 1. The summed E-state index contributed by atoms with van der Waals surface area (Å²) in [6, 6.07) is 9.95. The van der Waals surface area contributed by atoms with E-state index >= 15 is 0 Å². The normalized spacial score (nSPS) is 16.1. The Hall–Kier alpha value is -2.69. The zero-order valence-corrected chi connectivity index (χ0v) is 13.7. The van der Waals surface area contributed by atoms with Crippen LogP contribution in [0.2, 0.25) is 0 Å². The summed E-state index contributed by atoms with van der Waals surface area (Å²) in [4.78, 5) is 22.1. The van der Waals surface area contributed by atoms with Crippen LogP contribution >= 0.6 is 0 Å². The lowest BCUT2D eigenvalue weighted by Crippen LogP contribution is -2.27. The lowest BCUT2D eigenvalue weighted by atomic mass is 10.0. The molecular formula is C19H20N4O. The molecular weight excluding hydrogens is 300 g/mol. The fraction of sp³-hybridized carbons (Fsp3) is 0.316. The van der Waals surface area contributed by atoms with Gasteiger partial charge in [-0.25, -0.2) is 19.3 Å². The van der Waals surface area contributed by atoms with E-state index in [-0.39, 0.29) is 11.7 Å². The summed E-state index contributed by atoms with van der Waals surface area (Å²) in [5, 5.41) is 0. The summed E-state index contributed by atoms with van der Waals surface area (Å²) >= 11 is 0. The van der Waals surface area contributed by atoms with Crippen molar-refractivity contribution in [2.75, 3.05) is 0 Å². The van der Waals surface area contributed by atoms with Gasteiger partial charge in [0.15, 0.2) is 11.3 Å². The van der Waals surface area contributed by atoms with Crippen molar-refractivity contribution in [2.45, 2.75) is 38.6 Å². The van der Waals surface area contributed by atoms with E-state index < -0.39 is 0 Å². The van der Waals surface area contributed by atoms with E-state index in [1.807, 2.05) is 37.3 Å². The van der Waals surface area contributed by atoms with E-state index in [2.05, 4.69) is 16.0 Å². The molecule has 0 aliphatic heterocycles. The highest BCUT2D eigenvalue weighted by molar-refractivity contribution is 5.72. The van der Waals surface area contributed by atoms with Gasteiger partial charge in [-0.15, -0.1) is 0 Å². The molecule has 0 amide bonds. The number of aromatic nitrogens is 4. The van der Waals surface area contributed by atoms with Crippen molar-refractivity contribution in [3.05, 3.63) is 64.8 Å². The lowest BCUT2D eigenvalue weighted by Gasteiger charge is -2.14. The second kappa shape index (κ2) is 6.07. The molecule has 3 aromatic rings. The quantitative estimate of drug-likeness (QED) is 0.740. The van der Waals surface area contributed by atoms with E-state index in [1.54, 1.807) is 21.5 Å². The minimum atomic E-state index is -0.0941. The minimum absolute atomic E-state index is 0.0549. The molecule has 2 aromatic heterocycles. The molecule has 5 nitrogen and oxygen atoms in total. The topological polar surface area (TPSA) is 52.7 Å². The molecule has 24 heavy (non-hydrogen) atoms. The van der Waals surface area contributed by atoms with Crippen LogP contribution in [0.3, 0.4) is 0 Å². The largest absolute Gasteiger partial charge is 0.336 e. The Morgan fingerprint density at radius 2 is 1.79 bits per heavy atom. The highest BCUT2D eigenvalue weighted by atomic mass is 16.2. The Balaban J connectivity index is 1.95. The molecule has 0 saturated heterocycles. The van der Waals surface area contributed by atoms with Crippen molar-refractivity contribution in [1.82, 2.24) is 19.1 Å². The van der Waals surface area contributed by atoms with Gasteiger partial charge in [0.2, 0.25) is 0 Å². The fourth-order valence-corrected chi connectivity index (χ4v) is 3.45. The van der Waals surface area contributed by atoms with Crippen LogP contribution in [0.4, 0.5) is 0 Å². The van der Waals surface area contributed by atoms with Crippen molar-refractivity contribution in [3.63, 3.8) is 0 Å². The van der Waals surface area contributed by atoms with E-state index in [0.717, 1.165) is 30.5 Å². The van der Waals surface area contributed by atoms with Crippen molar-refractivity contribution < 1.29 is 0 Å². The van der Waals surface area contributed by atoms with Crippen LogP contribution in [0.5, 0.6) is 0 Å². The molecule has 0 radical (unpaired) electrons. The standard InChI is InChI=1S/C19H20N4O/c1-14(15-8-4-2-5-9-15)22-17-18(21-13-12-20-17)23(19(22)24)16-10-6-3-7-11-16/h2,4-5,8-10,12-14H,3,6-7,11H2,1H3. The Bertz CT molecular complexity index is 952. The van der Waals surface area contributed by atoms with Crippen LogP contribution in [0.15, 0.2) is 53.6 Å². The van der Waals surface area contributed by atoms with Crippen molar-refractivity contribution in [3.8, 4) is 0 Å². The Kier molecular flexibility index (Phi) is 3.76. The highest BCUT2D eigenvalue weighted by Gasteiger charge is 2.22. The first-order valence-electron chi connectivity index (χ1n) is 8.45. The van der Waals surface area contributed by atoms with Crippen LogP contribution in [0, 0.1) is 0 Å². The third-order valence-electron chi connectivity index (χ3n) is 4.72. The van der Waals surface area contributed by atoms with Gasteiger partial charge in [0.25, 0.3) is 0 Å². The van der Waals surface area contributed by atoms with E-state index in [9.17, 15) is 4.79 Å². The van der Waals surface area contributed by atoms with Crippen LogP contribution in [0.1, 0.15) is 44.2 Å². The summed E-state index contributed by atoms with van der Waals surface area (Å²) in [7, 11) is 0. The minimum Gasteiger partial charge on any atom is -0.267 e. The van der Waals surface area contributed by atoms with Crippen LogP contribution in [-0.4, -0.2) is 19.1 Å². The molecule has 0 saturated carbocycles. The molecule has 0 N–H and O–H groups in total. The van der Waals surface area contributed by atoms with E-state index in [1.165, 1.54) is 6.42 Å². The molecule has 4 rings (SSSR count). The predicted octanol–water partition coefficient (Wildman–Crippen LogP) is 3.62. The smallest absolute Gasteiger partial charge is 0.267 e. The van der Waals surface area contributed by atoms with Crippen LogP contribution in [0.25, 0.3) is 17.0 Å². The Labute approximate surface area is 140 Å². The summed E-state index contributed by atoms with van der Waals surface area (Å²) in [6.45, 7) is 2.03. The zero-order chi connectivity index (χ0) is 16.5. The molecule has 2 heterocycles. The number of allylic oxidation sites excluding steroid dienone is 2. The average Bonchev–Trinajstić information content (AvgIpc) is 2.94. The molecule has 0 spiro atoms. The lowest BCUT2D eigenvalue weighted by molar-refractivity contribution is 0.617. The first-order chi connectivity index (χ1) is 11.8. The monoisotopic (exact) mass is 320 g/mol. The number of nitrogens with zero attached hydrogens (tertiary/aromatic N) is 4. The van der Waals surface area contributed by atoms with Gasteiger partial charge in [-0.1, -0.05) is 36.4 Å². The second-order valence-electron chi connectivity index (χ2n) is 6.22. The maximum Gasteiger partial charge on any atom is 0.336 e. The zero-order valence-electron chi connectivity index (χ0n) is 13.7. The number of imidazole rings is 1. The van der Waals surface area contributed by atoms with Gasteiger partial charge in [0.1, 0.15) is 0 Å². The summed E-state index contributed by atoms with van der Waals surface area (Å²) in [6.07, 6.45) is 9.69. The first kappa shape index (κ1) is 14.9. The van der Waals surface area contributed by atoms with Crippen molar-refractivity contribution in [2.24, 2.45) is 0 Å². The molecule has 0 bridgehead atoms. The summed E-state index contributed by atoms with van der Waals surface area (Å²) in [5.41, 5.74) is 3.38. The Morgan fingerprint density at radius 1 is 1.04 bits per heavy atom. The number of benzene rings is 1. The van der Waals surface area contributed by atoms with E-state index in [4.69, 9.17) is 0 Å². The van der Waals surface area contributed by atoms with Crippen LogP contribution in [-0.2, 0) is 0 Å². The van der Waals surface area contributed by atoms with Crippen molar-refractivity contribution >= 4 is 17.0 Å². The Morgan fingerprint density at radius 3 is 2.50 bits per heavy atom. The third-order valence-corrected chi connectivity index (χ3v) is 4.72. The number of hydrogen-bond donors (Lipinski definition) is 0. The molecule has 5 heteroatoms. The highest BCUT2D eigenvalue weighted by Crippen LogP contribution is 2.25. The summed E-state index contributed by atoms with van der Waals surface area (Å²) < 4.78 is 3.51. The van der Waals surface area contributed by atoms with Crippen molar-refractivity contribution in [1.29, 1.82) is 0 Å². The van der Waals surface area contributed by atoms with Gasteiger partial charge in [-0.3, -0.25) is 4.57 Å². The molecule has 1 atom stereocenters. The van der Waals surface area contributed by atoms with Gasteiger partial charge in [-0.2, -0.15) is 0 Å². The van der Waals surface area contributed by atoms with Gasteiger partial charge in [0, 0.05) is 18.1 Å².